The number of hydrogen-bond donors (Lipinski definition) is 1. The van der Waals surface area contributed by atoms with Gasteiger partial charge in [0.1, 0.15) is 12.7 Å². The predicted octanol–water partition coefficient (Wildman–Crippen LogP) is 3.22. The number of rotatable bonds is 4. The molecule has 0 spiro atoms. The second-order valence-corrected chi connectivity index (χ2v) is 9.69. The number of nitrogens with one attached hydrogen (secondary N) is 1. The number of hydrogen-bond acceptors (Lipinski definition) is 6. The molecule has 3 aliphatic heterocycles. The molecule has 2 atom stereocenters. The van der Waals surface area contributed by atoms with Crippen LogP contribution in [0.4, 0.5) is 16.2 Å². The predicted molar refractivity (Wildman–Crippen MR) is 121 cm³/mol. The monoisotopic (exact) mass is 475 g/mol. The normalized spacial score (nSPS) is 22.8. The summed E-state index contributed by atoms with van der Waals surface area (Å²) in [5.74, 6) is -0.295. The van der Waals surface area contributed by atoms with Gasteiger partial charge in [-0.2, -0.15) is 0 Å². The summed E-state index contributed by atoms with van der Waals surface area (Å²) in [7, 11) is 0. The number of fused-ring (bicyclic) bond motifs is 3. The van der Waals surface area contributed by atoms with Gasteiger partial charge in [-0.15, -0.1) is 11.3 Å². The number of halogens is 1. The fraction of sp³-hybridized carbons (Fsp3) is 0.409. The number of aryl methyl sites for hydroxylation is 1. The molecule has 2 aromatic rings. The van der Waals surface area contributed by atoms with Gasteiger partial charge in [-0.3, -0.25) is 14.5 Å². The average Bonchev–Trinajstić information content (AvgIpc) is 3.29. The van der Waals surface area contributed by atoms with E-state index < -0.39 is 12.2 Å². The maximum Gasteiger partial charge on any atom is 0.415 e. The molecular weight excluding hydrogens is 454 g/mol. The van der Waals surface area contributed by atoms with Gasteiger partial charge in [0.05, 0.1) is 34.1 Å². The van der Waals surface area contributed by atoms with Crippen LogP contribution in [0, 0.1) is 0 Å². The fourth-order valence-corrected chi connectivity index (χ4v) is 5.48. The van der Waals surface area contributed by atoms with Crippen molar-refractivity contribution in [3.05, 3.63) is 45.1 Å². The molecule has 32 heavy (non-hydrogen) atoms. The maximum absolute atomic E-state index is 12.8. The van der Waals surface area contributed by atoms with Crippen molar-refractivity contribution in [2.24, 2.45) is 0 Å². The van der Waals surface area contributed by atoms with Gasteiger partial charge in [-0.05, 0) is 55.2 Å². The topological polar surface area (TPSA) is 88.2 Å². The van der Waals surface area contributed by atoms with Crippen LogP contribution in [0.3, 0.4) is 0 Å². The highest BCUT2D eigenvalue weighted by Gasteiger charge is 2.44. The van der Waals surface area contributed by atoms with Crippen molar-refractivity contribution in [2.75, 3.05) is 36.1 Å². The van der Waals surface area contributed by atoms with E-state index in [9.17, 15) is 14.4 Å². The minimum absolute atomic E-state index is 0.0638. The number of benzene rings is 1. The van der Waals surface area contributed by atoms with Gasteiger partial charge in [-0.25, -0.2) is 4.79 Å². The molecule has 1 aromatic carbocycles. The number of anilines is 2. The van der Waals surface area contributed by atoms with Gasteiger partial charge in [-0.1, -0.05) is 11.6 Å². The van der Waals surface area contributed by atoms with Crippen LogP contribution in [0.5, 0.6) is 0 Å². The van der Waals surface area contributed by atoms with Gasteiger partial charge >= 0.3 is 6.09 Å². The molecule has 0 saturated carbocycles. The minimum Gasteiger partial charge on any atom is -0.442 e. The molecule has 3 amide bonds. The SMILES string of the molecule is O=C(NCC1OC(=O)N2c3ccc(N4CCOCC4=O)cc3CCCC12)c1ccc(Cl)s1. The summed E-state index contributed by atoms with van der Waals surface area (Å²) >= 11 is 7.12. The first-order valence-electron chi connectivity index (χ1n) is 10.6. The van der Waals surface area contributed by atoms with Crippen LogP contribution in [0.1, 0.15) is 28.1 Å². The summed E-state index contributed by atoms with van der Waals surface area (Å²) in [4.78, 5) is 41.3. The van der Waals surface area contributed by atoms with E-state index in [-0.39, 0.29) is 31.0 Å². The van der Waals surface area contributed by atoms with Gasteiger partial charge in [0.25, 0.3) is 11.8 Å². The van der Waals surface area contributed by atoms with Crippen molar-refractivity contribution in [1.82, 2.24) is 5.32 Å². The van der Waals surface area contributed by atoms with Crippen molar-refractivity contribution >= 4 is 52.2 Å². The lowest BCUT2D eigenvalue weighted by atomic mass is 10.0. The molecule has 1 aromatic heterocycles. The van der Waals surface area contributed by atoms with E-state index in [1.807, 2.05) is 18.2 Å². The molecule has 3 aliphatic rings. The summed E-state index contributed by atoms with van der Waals surface area (Å²) in [6, 6.07) is 8.94. The van der Waals surface area contributed by atoms with Crippen LogP contribution in [0.15, 0.2) is 30.3 Å². The molecule has 10 heteroatoms. The smallest absolute Gasteiger partial charge is 0.415 e. The Hall–Kier alpha value is -2.62. The number of ether oxygens (including phenoxy) is 2. The first kappa shape index (κ1) is 21.2. The van der Waals surface area contributed by atoms with Crippen LogP contribution < -0.4 is 15.1 Å². The maximum atomic E-state index is 12.8. The molecule has 0 bridgehead atoms. The molecule has 168 valence electrons. The Kier molecular flexibility index (Phi) is 5.79. The fourth-order valence-electron chi connectivity index (χ4n) is 4.52. The molecule has 2 saturated heterocycles. The lowest BCUT2D eigenvalue weighted by Gasteiger charge is -2.28. The Morgan fingerprint density at radius 1 is 1.25 bits per heavy atom. The van der Waals surface area contributed by atoms with Crippen molar-refractivity contribution in [1.29, 1.82) is 0 Å². The second-order valence-electron chi connectivity index (χ2n) is 7.98. The van der Waals surface area contributed by atoms with Gasteiger partial charge in [0, 0.05) is 12.2 Å². The third kappa shape index (κ3) is 3.96. The van der Waals surface area contributed by atoms with Crippen molar-refractivity contribution < 1.29 is 23.9 Å². The lowest BCUT2D eigenvalue weighted by molar-refractivity contribution is -0.125. The summed E-state index contributed by atoms with van der Waals surface area (Å²) < 4.78 is 11.4. The highest BCUT2D eigenvalue weighted by molar-refractivity contribution is 7.18. The summed E-state index contributed by atoms with van der Waals surface area (Å²) in [6.07, 6.45) is 1.59. The van der Waals surface area contributed by atoms with Crippen LogP contribution in [0.25, 0.3) is 0 Å². The third-order valence-electron chi connectivity index (χ3n) is 6.04. The van der Waals surface area contributed by atoms with E-state index in [0.29, 0.717) is 22.4 Å². The Bertz CT molecular complexity index is 1070. The standard InChI is InChI=1S/C22H22ClN3O5S/c23-19-7-6-18(32-19)21(28)24-11-17-16-3-1-2-13-10-14(25-8-9-30-12-20(25)27)4-5-15(13)26(16)22(29)31-17/h4-7,10,16-17H,1-3,8-9,11-12H2,(H,24,28). The zero-order chi connectivity index (χ0) is 22.2. The Morgan fingerprint density at radius 2 is 2.12 bits per heavy atom. The number of cyclic esters (lactones) is 1. The number of amides is 3. The molecule has 0 radical (unpaired) electrons. The highest BCUT2D eigenvalue weighted by atomic mass is 35.5. The lowest BCUT2D eigenvalue weighted by Crippen LogP contribution is -2.42. The number of thiophene rings is 1. The zero-order valence-electron chi connectivity index (χ0n) is 17.2. The zero-order valence-corrected chi connectivity index (χ0v) is 18.8. The molecule has 8 nitrogen and oxygen atoms in total. The number of carbonyl (C=O) groups excluding carboxylic acids is 3. The van der Waals surface area contributed by atoms with Crippen molar-refractivity contribution in [2.45, 2.75) is 31.4 Å². The Labute approximate surface area is 194 Å². The number of nitrogens with zero attached hydrogens (tertiary/aromatic N) is 2. The second kappa shape index (κ2) is 8.73. The van der Waals surface area contributed by atoms with Crippen LogP contribution >= 0.6 is 22.9 Å². The van der Waals surface area contributed by atoms with E-state index in [0.717, 1.165) is 36.2 Å². The van der Waals surface area contributed by atoms with Gasteiger partial charge in [0.2, 0.25) is 0 Å². The summed E-state index contributed by atoms with van der Waals surface area (Å²) in [5.41, 5.74) is 2.64. The summed E-state index contributed by atoms with van der Waals surface area (Å²) in [6.45, 7) is 1.34. The number of carbonyl (C=O) groups is 3. The third-order valence-corrected chi connectivity index (χ3v) is 7.27. The minimum atomic E-state index is -0.437. The van der Waals surface area contributed by atoms with Gasteiger partial charge in [0.15, 0.2) is 0 Å². The molecule has 4 heterocycles. The molecular formula is C22H22ClN3O5S. The van der Waals surface area contributed by atoms with Gasteiger partial charge < -0.3 is 19.7 Å². The largest absolute Gasteiger partial charge is 0.442 e. The Morgan fingerprint density at radius 3 is 2.91 bits per heavy atom. The molecule has 1 N–H and O–H groups in total. The van der Waals surface area contributed by atoms with Crippen molar-refractivity contribution in [3.63, 3.8) is 0 Å². The van der Waals surface area contributed by atoms with E-state index in [1.54, 1.807) is 21.9 Å². The summed E-state index contributed by atoms with van der Waals surface area (Å²) in [5, 5.41) is 2.86. The average molecular weight is 476 g/mol. The first-order chi connectivity index (χ1) is 15.5. The van der Waals surface area contributed by atoms with Crippen LogP contribution in [-0.2, 0) is 20.7 Å². The first-order valence-corrected chi connectivity index (χ1v) is 11.7. The quantitative estimate of drug-likeness (QED) is 0.733. The van der Waals surface area contributed by atoms with Crippen molar-refractivity contribution in [3.8, 4) is 0 Å². The Balaban J connectivity index is 1.33. The van der Waals surface area contributed by atoms with Crippen LogP contribution in [-0.4, -0.2) is 56.4 Å². The van der Waals surface area contributed by atoms with E-state index in [1.165, 1.54) is 11.3 Å². The highest BCUT2D eigenvalue weighted by Crippen LogP contribution is 2.38. The molecule has 2 unspecified atom stereocenters. The molecule has 0 aliphatic carbocycles. The molecule has 5 rings (SSSR count). The molecule has 2 fully saturated rings. The number of morpholine rings is 1. The van der Waals surface area contributed by atoms with Crippen LogP contribution in [0.2, 0.25) is 4.34 Å². The van der Waals surface area contributed by atoms with E-state index >= 15 is 0 Å². The van der Waals surface area contributed by atoms with E-state index in [2.05, 4.69) is 5.32 Å². The van der Waals surface area contributed by atoms with E-state index in [4.69, 9.17) is 21.1 Å².